The third-order valence-corrected chi connectivity index (χ3v) is 4.95. The fourth-order valence-electron chi connectivity index (χ4n) is 3.41. The van der Waals surface area contributed by atoms with Crippen LogP contribution in [-0.2, 0) is 11.2 Å². The van der Waals surface area contributed by atoms with Crippen LogP contribution in [0.15, 0.2) is 30.3 Å². The molecule has 128 valence electrons. The summed E-state index contributed by atoms with van der Waals surface area (Å²) < 4.78 is 0. The van der Waals surface area contributed by atoms with Crippen molar-refractivity contribution >= 4 is 5.91 Å². The summed E-state index contributed by atoms with van der Waals surface area (Å²) in [6.07, 6.45) is 3.93. The Bertz CT molecular complexity index is 457. The minimum Gasteiger partial charge on any atom is -0.341 e. The smallest absolute Gasteiger partial charge is 0.222 e. The monoisotopic (exact) mass is 317 g/mol. The van der Waals surface area contributed by atoms with Gasteiger partial charge in [0.05, 0.1) is 0 Å². The topological polar surface area (TPSA) is 58.4 Å². The molecule has 0 spiro atoms. The van der Waals surface area contributed by atoms with Crippen molar-refractivity contribution in [3.8, 4) is 0 Å². The zero-order chi connectivity index (χ0) is 16.5. The molecule has 1 atom stereocenters. The lowest BCUT2D eigenvalue weighted by atomic mass is 9.84. The third-order valence-electron chi connectivity index (χ3n) is 4.95. The number of nitrogens with one attached hydrogen (secondary N) is 1. The van der Waals surface area contributed by atoms with Gasteiger partial charge in [0.2, 0.25) is 5.91 Å². The van der Waals surface area contributed by atoms with Gasteiger partial charge in [-0.25, -0.2) is 0 Å². The first kappa shape index (κ1) is 18.0. The Hall–Kier alpha value is -1.39. The highest BCUT2D eigenvalue weighted by atomic mass is 16.2. The van der Waals surface area contributed by atoms with Crippen LogP contribution in [0.25, 0.3) is 0 Å². The normalized spacial score (nSPS) is 17.0. The van der Waals surface area contributed by atoms with Crippen LogP contribution in [0.2, 0.25) is 0 Å². The van der Waals surface area contributed by atoms with Gasteiger partial charge in [0.15, 0.2) is 0 Å². The summed E-state index contributed by atoms with van der Waals surface area (Å²) in [4.78, 5) is 14.6. The van der Waals surface area contributed by atoms with Crippen molar-refractivity contribution in [3.05, 3.63) is 35.9 Å². The van der Waals surface area contributed by atoms with E-state index in [9.17, 15) is 4.79 Å². The maximum Gasteiger partial charge on any atom is 0.222 e. The van der Waals surface area contributed by atoms with E-state index in [0.29, 0.717) is 31.3 Å². The van der Waals surface area contributed by atoms with E-state index >= 15 is 0 Å². The molecule has 0 aliphatic carbocycles. The summed E-state index contributed by atoms with van der Waals surface area (Å²) >= 11 is 0. The summed E-state index contributed by atoms with van der Waals surface area (Å²) in [5, 5.41) is 3.39. The molecule has 1 unspecified atom stereocenters. The average molecular weight is 317 g/mol. The van der Waals surface area contributed by atoms with E-state index in [1.165, 1.54) is 18.4 Å². The lowest BCUT2D eigenvalue weighted by molar-refractivity contribution is -0.132. The van der Waals surface area contributed by atoms with E-state index in [1.54, 1.807) is 0 Å². The van der Waals surface area contributed by atoms with Gasteiger partial charge in [0.25, 0.3) is 0 Å². The van der Waals surface area contributed by atoms with Gasteiger partial charge in [-0.3, -0.25) is 4.79 Å². The second-order valence-corrected chi connectivity index (χ2v) is 6.67. The van der Waals surface area contributed by atoms with E-state index in [4.69, 9.17) is 5.73 Å². The molecular weight excluding hydrogens is 286 g/mol. The van der Waals surface area contributed by atoms with Gasteiger partial charge < -0.3 is 16.0 Å². The van der Waals surface area contributed by atoms with E-state index in [1.807, 2.05) is 23.1 Å². The number of carbonyl (C=O) groups excluding carboxylic acids is 1. The molecular formula is C19H31N3O. The van der Waals surface area contributed by atoms with Gasteiger partial charge in [-0.15, -0.1) is 0 Å². The molecule has 0 saturated carbocycles. The SMILES string of the molecule is CC(CC(=O)N(CCN)CCc1ccccc1)C1CCNCC1. The van der Waals surface area contributed by atoms with Crippen LogP contribution < -0.4 is 11.1 Å². The van der Waals surface area contributed by atoms with Crippen LogP contribution >= 0.6 is 0 Å². The van der Waals surface area contributed by atoms with Crippen LogP contribution in [0.4, 0.5) is 0 Å². The Morgan fingerprint density at radius 1 is 1.26 bits per heavy atom. The van der Waals surface area contributed by atoms with Crippen molar-refractivity contribution in [2.45, 2.75) is 32.6 Å². The molecule has 23 heavy (non-hydrogen) atoms. The van der Waals surface area contributed by atoms with Crippen LogP contribution in [0.1, 0.15) is 31.7 Å². The number of hydrogen-bond acceptors (Lipinski definition) is 3. The summed E-state index contributed by atoms with van der Waals surface area (Å²) in [5.41, 5.74) is 6.98. The van der Waals surface area contributed by atoms with Crippen molar-refractivity contribution in [2.75, 3.05) is 32.7 Å². The first-order valence-electron chi connectivity index (χ1n) is 8.93. The summed E-state index contributed by atoms with van der Waals surface area (Å²) in [7, 11) is 0. The Morgan fingerprint density at radius 2 is 1.96 bits per heavy atom. The molecule has 4 heteroatoms. The molecule has 1 aliphatic rings. The molecule has 0 radical (unpaired) electrons. The van der Waals surface area contributed by atoms with Gasteiger partial charge in [0.1, 0.15) is 0 Å². The number of amides is 1. The number of carbonyl (C=O) groups is 1. The number of rotatable bonds is 8. The summed E-state index contributed by atoms with van der Waals surface area (Å²) in [5.74, 6) is 1.40. The lowest BCUT2D eigenvalue weighted by Gasteiger charge is -2.30. The average Bonchev–Trinajstić information content (AvgIpc) is 2.60. The highest BCUT2D eigenvalue weighted by molar-refractivity contribution is 5.76. The van der Waals surface area contributed by atoms with Gasteiger partial charge in [0, 0.05) is 26.1 Å². The molecule has 0 aromatic heterocycles. The molecule has 1 aromatic carbocycles. The highest BCUT2D eigenvalue weighted by Crippen LogP contribution is 2.24. The van der Waals surface area contributed by atoms with Crippen molar-refractivity contribution < 1.29 is 4.79 Å². The highest BCUT2D eigenvalue weighted by Gasteiger charge is 2.24. The Kier molecular flexibility index (Phi) is 7.56. The summed E-state index contributed by atoms with van der Waals surface area (Å²) in [6.45, 7) is 6.35. The summed E-state index contributed by atoms with van der Waals surface area (Å²) in [6, 6.07) is 10.3. The van der Waals surface area contributed by atoms with E-state index in [0.717, 1.165) is 26.1 Å². The van der Waals surface area contributed by atoms with Crippen LogP contribution in [-0.4, -0.2) is 43.5 Å². The molecule has 1 heterocycles. The molecule has 1 aromatic rings. The van der Waals surface area contributed by atoms with E-state index < -0.39 is 0 Å². The number of nitrogens with zero attached hydrogens (tertiary/aromatic N) is 1. The fraction of sp³-hybridized carbons (Fsp3) is 0.632. The molecule has 0 bridgehead atoms. The minimum absolute atomic E-state index is 0.261. The quantitative estimate of drug-likeness (QED) is 0.771. The predicted octanol–water partition coefficient (Wildman–Crippen LogP) is 2.04. The van der Waals surface area contributed by atoms with Crippen LogP contribution in [0, 0.1) is 11.8 Å². The zero-order valence-corrected chi connectivity index (χ0v) is 14.3. The minimum atomic E-state index is 0.261. The van der Waals surface area contributed by atoms with Crippen molar-refractivity contribution in [1.82, 2.24) is 10.2 Å². The van der Waals surface area contributed by atoms with Crippen LogP contribution in [0.5, 0.6) is 0 Å². The zero-order valence-electron chi connectivity index (χ0n) is 14.3. The number of nitrogens with two attached hydrogens (primary N) is 1. The number of hydrogen-bond donors (Lipinski definition) is 2. The second-order valence-electron chi connectivity index (χ2n) is 6.67. The fourth-order valence-corrected chi connectivity index (χ4v) is 3.41. The molecule has 1 fully saturated rings. The van der Waals surface area contributed by atoms with Gasteiger partial charge in [-0.05, 0) is 49.8 Å². The molecule has 2 rings (SSSR count). The molecule has 4 nitrogen and oxygen atoms in total. The predicted molar refractivity (Wildman–Crippen MR) is 95.2 cm³/mol. The molecule has 3 N–H and O–H groups in total. The maximum absolute atomic E-state index is 12.7. The maximum atomic E-state index is 12.7. The Morgan fingerprint density at radius 3 is 2.61 bits per heavy atom. The molecule has 1 saturated heterocycles. The van der Waals surface area contributed by atoms with Crippen molar-refractivity contribution in [2.24, 2.45) is 17.6 Å². The standard InChI is InChI=1S/C19H31N3O/c1-16(18-7-11-21-12-8-18)15-19(23)22(14-10-20)13-9-17-5-3-2-4-6-17/h2-6,16,18,21H,7-15,20H2,1H3. The third kappa shape index (κ3) is 5.96. The Balaban J connectivity index is 1.84. The van der Waals surface area contributed by atoms with Gasteiger partial charge >= 0.3 is 0 Å². The van der Waals surface area contributed by atoms with Gasteiger partial charge in [-0.2, -0.15) is 0 Å². The van der Waals surface area contributed by atoms with E-state index in [-0.39, 0.29) is 5.91 Å². The van der Waals surface area contributed by atoms with Crippen molar-refractivity contribution in [1.29, 1.82) is 0 Å². The second kappa shape index (κ2) is 9.68. The molecule has 1 amide bonds. The lowest BCUT2D eigenvalue weighted by Crippen LogP contribution is -2.39. The molecule has 1 aliphatic heterocycles. The first-order chi connectivity index (χ1) is 11.2. The Labute approximate surface area is 140 Å². The van der Waals surface area contributed by atoms with Gasteiger partial charge in [-0.1, -0.05) is 37.3 Å². The van der Waals surface area contributed by atoms with Crippen LogP contribution in [0.3, 0.4) is 0 Å². The number of piperidine rings is 1. The largest absolute Gasteiger partial charge is 0.341 e. The number of benzene rings is 1. The first-order valence-corrected chi connectivity index (χ1v) is 8.93. The van der Waals surface area contributed by atoms with E-state index in [2.05, 4.69) is 24.4 Å². The van der Waals surface area contributed by atoms with Crippen molar-refractivity contribution in [3.63, 3.8) is 0 Å².